The lowest BCUT2D eigenvalue weighted by Gasteiger charge is -2.10. The van der Waals surface area contributed by atoms with E-state index in [1.807, 2.05) is 13.0 Å². The van der Waals surface area contributed by atoms with Crippen LogP contribution in [-0.2, 0) is 17.9 Å². The number of hydrogen-bond acceptors (Lipinski definition) is 2. The predicted octanol–water partition coefficient (Wildman–Crippen LogP) is 8.32. The highest BCUT2D eigenvalue weighted by Crippen LogP contribution is 2.18. The molecule has 0 fully saturated rings. The van der Waals surface area contributed by atoms with Gasteiger partial charge in [-0.1, -0.05) is 122 Å². The van der Waals surface area contributed by atoms with Gasteiger partial charge in [0, 0.05) is 13.0 Å². The van der Waals surface area contributed by atoms with E-state index in [1.165, 1.54) is 108 Å². The molecule has 1 amide bonds. The van der Waals surface area contributed by atoms with Crippen molar-refractivity contribution in [3.05, 3.63) is 30.1 Å². The van der Waals surface area contributed by atoms with Crippen LogP contribution in [0.5, 0.6) is 0 Å². The standard InChI is InChI=1S/C29H49N3O/c1-3-5-6-7-8-9-10-11-12-13-14-15-16-17-18-21-24-32-27-23-20-19-22-26(27)31-28(32)25-30-29(33)4-2/h19-20,22-23H,3-18,21,24-25H2,1-2H3,(H,30,33). The second kappa shape index (κ2) is 17.6. The molecule has 186 valence electrons. The second-order valence-corrected chi connectivity index (χ2v) is 9.60. The maximum Gasteiger partial charge on any atom is 0.220 e. The summed E-state index contributed by atoms with van der Waals surface area (Å²) < 4.78 is 2.30. The minimum Gasteiger partial charge on any atom is -0.349 e. The van der Waals surface area contributed by atoms with E-state index in [9.17, 15) is 4.79 Å². The van der Waals surface area contributed by atoms with Gasteiger partial charge in [0.05, 0.1) is 17.6 Å². The van der Waals surface area contributed by atoms with Gasteiger partial charge in [-0.15, -0.1) is 0 Å². The Morgan fingerprint density at radius 3 is 1.82 bits per heavy atom. The Labute approximate surface area is 202 Å². The Kier molecular flexibility index (Phi) is 14.6. The van der Waals surface area contributed by atoms with Crippen molar-refractivity contribution in [1.82, 2.24) is 14.9 Å². The first-order valence-electron chi connectivity index (χ1n) is 14.0. The summed E-state index contributed by atoms with van der Waals surface area (Å²) in [6.45, 7) is 5.67. The molecule has 2 aromatic rings. The summed E-state index contributed by atoms with van der Waals surface area (Å²) in [6.07, 6.45) is 22.7. The quantitative estimate of drug-likeness (QED) is 0.204. The molecule has 1 N–H and O–H groups in total. The fraction of sp³-hybridized carbons (Fsp3) is 0.724. The van der Waals surface area contributed by atoms with Gasteiger partial charge in [-0.2, -0.15) is 0 Å². The van der Waals surface area contributed by atoms with Crippen LogP contribution in [0.25, 0.3) is 11.0 Å². The molecule has 0 spiro atoms. The number of aryl methyl sites for hydroxylation is 1. The van der Waals surface area contributed by atoms with Crippen LogP contribution in [0.1, 0.15) is 129 Å². The maximum absolute atomic E-state index is 11.7. The average molecular weight is 456 g/mol. The lowest BCUT2D eigenvalue weighted by molar-refractivity contribution is -0.120. The van der Waals surface area contributed by atoms with Gasteiger partial charge in [0.2, 0.25) is 5.91 Å². The van der Waals surface area contributed by atoms with Crippen molar-refractivity contribution in [1.29, 1.82) is 0 Å². The van der Waals surface area contributed by atoms with Crippen molar-refractivity contribution in [3.63, 3.8) is 0 Å². The Morgan fingerprint density at radius 1 is 0.758 bits per heavy atom. The van der Waals surface area contributed by atoms with E-state index in [4.69, 9.17) is 4.98 Å². The fourth-order valence-electron chi connectivity index (χ4n) is 4.63. The molecule has 0 atom stereocenters. The molecule has 1 aromatic carbocycles. The number of aromatic nitrogens is 2. The monoisotopic (exact) mass is 455 g/mol. The minimum atomic E-state index is 0.0796. The number of nitrogens with zero attached hydrogens (tertiary/aromatic N) is 2. The molecule has 0 aliphatic carbocycles. The average Bonchev–Trinajstić information content (AvgIpc) is 3.19. The van der Waals surface area contributed by atoms with Crippen LogP contribution in [-0.4, -0.2) is 15.5 Å². The molecule has 1 aromatic heterocycles. The predicted molar refractivity (Wildman–Crippen MR) is 141 cm³/mol. The van der Waals surface area contributed by atoms with Crippen LogP contribution < -0.4 is 5.32 Å². The third kappa shape index (κ3) is 11.2. The van der Waals surface area contributed by atoms with Crippen molar-refractivity contribution >= 4 is 16.9 Å². The van der Waals surface area contributed by atoms with Gasteiger partial charge in [0.25, 0.3) is 0 Å². The smallest absolute Gasteiger partial charge is 0.220 e. The molecule has 4 heteroatoms. The lowest BCUT2D eigenvalue weighted by Crippen LogP contribution is -2.23. The summed E-state index contributed by atoms with van der Waals surface area (Å²) in [5, 5.41) is 2.98. The van der Waals surface area contributed by atoms with Gasteiger partial charge in [-0.05, 0) is 18.6 Å². The van der Waals surface area contributed by atoms with Crippen molar-refractivity contribution in [2.24, 2.45) is 0 Å². The van der Waals surface area contributed by atoms with Crippen molar-refractivity contribution < 1.29 is 4.79 Å². The first kappa shape index (κ1) is 27.4. The van der Waals surface area contributed by atoms with E-state index in [0.29, 0.717) is 13.0 Å². The summed E-state index contributed by atoms with van der Waals surface area (Å²) in [4.78, 5) is 16.4. The summed E-state index contributed by atoms with van der Waals surface area (Å²) in [6, 6.07) is 8.30. The molecule has 0 saturated heterocycles. The molecule has 33 heavy (non-hydrogen) atoms. The topological polar surface area (TPSA) is 46.9 Å². The number of carbonyl (C=O) groups is 1. The Balaban J connectivity index is 1.52. The number of fused-ring (bicyclic) bond motifs is 1. The number of hydrogen-bond donors (Lipinski definition) is 1. The highest BCUT2D eigenvalue weighted by atomic mass is 16.1. The highest BCUT2D eigenvalue weighted by molar-refractivity contribution is 5.77. The van der Waals surface area contributed by atoms with E-state index >= 15 is 0 Å². The molecule has 0 bridgehead atoms. The van der Waals surface area contributed by atoms with Crippen LogP contribution in [0.3, 0.4) is 0 Å². The Hall–Kier alpha value is -1.84. The first-order valence-corrected chi connectivity index (χ1v) is 14.0. The molecule has 4 nitrogen and oxygen atoms in total. The number of benzene rings is 1. The van der Waals surface area contributed by atoms with E-state index in [0.717, 1.165) is 17.9 Å². The van der Waals surface area contributed by atoms with Gasteiger partial charge in [-0.25, -0.2) is 4.98 Å². The number of amides is 1. The number of unbranched alkanes of at least 4 members (excludes halogenated alkanes) is 15. The van der Waals surface area contributed by atoms with Crippen LogP contribution >= 0.6 is 0 Å². The molecule has 0 aliphatic rings. The van der Waals surface area contributed by atoms with Crippen molar-refractivity contribution in [2.75, 3.05) is 0 Å². The third-order valence-corrected chi connectivity index (χ3v) is 6.73. The number of nitrogens with one attached hydrogen (secondary N) is 1. The van der Waals surface area contributed by atoms with E-state index in [-0.39, 0.29) is 5.91 Å². The van der Waals surface area contributed by atoms with Gasteiger partial charge in [0.15, 0.2) is 0 Å². The Bertz CT molecular complexity index is 767. The Morgan fingerprint density at radius 2 is 1.27 bits per heavy atom. The molecule has 0 radical (unpaired) electrons. The van der Waals surface area contributed by atoms with Crippen LogP contribution in [0, 0.1) is 0 Å². The first-order chi connectivity index (χ1) is 16.3. The highest BCUT2D eigenvalue weighted by Gasteiger charge is 2.10. The molecule has 2 rings (SSSR count). The van der Waals surface area contributed by atoms with Crippen molar-refractivity contribution in [3.8, 4) is 0 Å². The summed E-state index contributed by atoms with van der Waals surface area (Å²) >= 11 is 0. The largest absolute Gasteiger partial charge is 0.349 e. The molecule has 0 aliphatic heterocycles. The molecular formula is C29H49N3O. The SMILES string of the molecule is CCCCCCCCCCCCCCCCCCn1c(CNC(=O)CC)nc2ccccc21. The zero-order chi connectivity index (χ0) is 23.6. The summed E-state index contributed by atoms with van der Waals surface area (Å²) in [5.41, 5.74) is 2.20. The third-order valence-electron chi connectivity index (χ3n) is 6.73. The van der Waals surface area contributed by atoms with Gasteiger partial charge in [-0.3, -0.25) is 4.79 Å². The molecule has 0 unspecified atom stereocenters. The summed E-state index contributed by atoms with van der Waals surface area (Å²) in [5.74, 6) is 1.05. The lowest BCUT2D eigenvalue weighted by atomic mass is 10.0. The van der Waals surface area contributed by atoms with Gasteiger partial charge >= 0.3 is 0 Å². The zero-order valence-electron chi connectivity index (χ0n) is 21.5. The van der Waals surface area contributed by atoms with E-state index in [1.54, 1.807) is 0 Å². The molecule has 1 heterocycles. The van der Waals surface area contributed by atoms with Crippen LogP contribution in [0.4, 0.5) is 0 Å². The van der Waals surface area contributed by atoms with Gasteiger partial charge in [0.1, 0.15) is 5.82 Å². The number of rotatable bonds is 20. The number of imidazole rings is 1. The van der Waals surface area contributed by atoms with Gasteiger partial charge < -0.3 is 9.88 Å². The number of carbonyl (C=O) groups excluding carboxylic acids is 1. The molecule has 0 saturated carbocycles. The minimum absolute atomic E-state index is 0.0796. The maximum atomic E-state index is 11.7. The van der Waals surface area contributed by atoms with Crippen molar-refractivity contribution in [2.45, 2.75) is 136 Å². The van der Waals surface area contributed by atoms with E-state index in [2.05, 4.69) is 35.0 Å². The zero-order valence-corrected chi connectivity index (χ0v) is 21.5. The second-order valence-electron chi connectivity index (χ2n) is 9.60. The molecular weight excluding hydrogens is 406 g/mol. The van der Waals surface area contributed by atoms with Crippen LogP contribution in [0.15, 0.2) is 24.3 Å². The van der Waals surface area contributed by atoms with E-state index < -0.39 is 0 Å². The van der Waals surface area contributed by atoms with Crippen LogP contribution in [0.2, 0.25) is 0 Å². The normalized spacial score (nSPS) is 11.3. The fourth-order valence-corrected chi connectivity index (χ4v) is 4.63. The number of para-hydroxylation sites is 2. The summed E-state index contributed by atoms with van der Waals surface area (Å²) in [7, 11) is 0.